The lowest BCUT2D eigenvalue weighted by Crippen LogP contribution is -2.28. The fourth-order valence-electron chi connectivity index (χ4n) is 4.44. The van der Waals surface area contributed by atoms with E-state index < -0.39 is 0 Å². The highest BCUT2D eigenvalue weighted by Gasteiger charge is 2.43. The number of nitrogens with two attached hydrogens (primary N) is 1. The first-order valence-corrected chi connectivity index (χ1v) is 7.79. The third-order valence-corrected chi connectivity index (χ3v) is 5.31. The van der Waals surface area contributed by atoms with Crippen molar-refractivity contribution in [3.8, 4) is 11.1 Å². The Balaban J connectivity index is 2.04. The van der Waals surface area contributed by atoms with Gasteiger partial charge in [-0.15, -0.1) is 0 Å². The molecule has 20 heavy (non-hydrogen) atoms. The van der Waals surface area contributed by atoms with Crippen molar-refractivity contribution in [2.75, 3.05) is 0 Å². The summed E-state index contributed by atoms with van der Waals surface area (Å²) < 4.78 is 0. The van der Waals surface area contributed by atoms with Crippen molar-refractivity contribution in [1.82, 2.24) is 0 Å². The lowest BCUT2D eigenvalue weighted by molar-refractivity contribution is 0.353. The zero-order valence-corrected chi connectivity index (χ0v) is 11.9. The second-order valence-electron chi connectivity index (χ2n) is 6.23. The second-order valence-corrected chi connectivity index (χ2v) is 6.23. The third kappa shape index (κ3) is 1.47. The van der Waals surface area contributed by atoms with Crippen molar-refractivity contribution in [3.05, 3.63) is 59.2 Å². The minimum Gasteiger partial charge on any atom is -0.326 e. The normalized spacial score (nSPS) is 18.9. The molecule has 102 valence electrons. The van der Waals surface area contributed by atoms with Gasteiger partial charge in [-0.05, 0) is 40.7 Å². The van der Waals surface area contributed by atoms with E-state index in [1.54, 1.807) is 11.1 Å². The SMILES string of the molecule is NCc1cccc2c1-c1ccccc1C21CCCCC1. The monoisotopic (exact) mass is 263 g/mol. The number of fused-ring (bicyclic) bond motifs is 5. The molecule has 0 saturated heterocycles. The molecule has 0 atom stereocenters. The zero-order valence-electron chi connectivity index (χ0n) is 11.9. The van der Waals surface area contributed by atoms with E-state index in [0.717, 1.165) is 0 Å². The molecule has 2 aromatic rings. The van der Waals surface area contributed by atoms with Crippen LogP contribution in [0.4, 0.5) is 0 Å². The van der Waals surface area contributed by atoms with Crippen LogP contribution in [0, 0.1) is 0 Å². The van der Waals surface area contributed by atoms with Gasteiger partial charge < -0.3 is 5.73 Å². The minimum atomic E-state index is 0.273. The second kappa shape index (κ2) is 4.46. The summed E-state index contributed by atoms with van der Waals surface area (Å²) in [5.41, 5.74) is 13.5. The molecule has 1 fully saturated rings. The predicted octanol–water partition coefficient (Wildman–Crippen LogP) is 4.38. The molecule has 2 aliphatic rings. The van der Waals surface area contributed by atoms with Crippen LogP contribution in [-0.4, -0.2) is 0 Å². The standard InChI is InChI=1S/C19H21N/c20-13-14-7-6-10-17-18(14)15-8-2-3-9-16(15)19(17)11-4-1-5-12-19/h2-3,6-10H,1,4-5,11-13,20H2. The van der Waals surface area contributed by atoms with Crippen molar-refractivity contribution >= 4 is 0 Å². The number of hydrogen-bond donors (Lipinski definition) is 1. The van der Waals surface area contributed by atoms with Crippen LogP contribution in [0.25, 0.3) is 11.1 Å². The molecule has 4 rings (SSSR count). The smallest absolute Gasteiger partial charge is 0.0215 e. The summed E-state index contributed by atoms with van der Waals surface area (Å²) in [5, 5.41) is 0. The van der Waals surface area contributed by atoms with Gasteiger partial charge in [0.05, 0.1) is 0 Å². The van der Waals surface area contributed by atoms with Gasteiger partial charge in [0, 0.05) is 12.0 Å². The van der Waals surface area contributed by atoms with Gasteiger partial charge in [0.25, 0.3) is 0 Å². The molecule has 0 amide bonds. The molecule has 1 heteroatoms. The summed E-state index contributed by atoms with van der Waals surface area (Å²) in [4.78, 5) is 0. The Morgan fingerprint density at radius 3 is 2.40 bits per heavy atom. The lowest BCUT2D eigenvalue weighted by atomic mass is 9.68. The van der Waals surface area contributed by atoms with Gasteiger partial charge >= 0.3 is 0 Å². The maximum atomic E-state index is 6.00. The molecule has 0 aromatic heterocycles. The predicted molar refractivity (Wildman–Crippen MR) is 83.6 cm³/mol. The van der Waals surface area contributed by atoms with Crippen LogP contribution >= 0.6 is 0 Å². The van der Waals surface area contributed by atoms with Crippen molar-refractivity contribution in [2.45, 2.75) is 44.1 Å². The lowest BCUT2D eigenvalue weighted by Gasteiger charge is -2.36. The minimum absolute atomic E-state index is 0.273. The topological polar surface area (TPSA) is 26.0 Å². The summed E-state index contributed by atoms with van der Waals surface area (Å²) in [6, 6.07) is 15.7. The number of benzene rings is 2. The summed E-state index contributed by atoms with van der Waals surface area (Å²) in [6.45, 7) is 0.633. The molecule has 0 unspecified atom stereocenters. The fourth-order valence-corrected chi connectivity index (χ4v) is 4.44. The van der Waals surface area contributed by atoms with Gasteiger partial charge in [-0.25, -0.2) is 0 Å². The average molecular weight is 263 g/mol. The Kier molecular flexibility index (Phi) is 2.71. The largest absolute Gasteiger partial charge is 0.326 e. The van der Waals surface area contributed by atoms with E-state index in [-0.39, 0.29) is 5.41 Å². The van der Waals surface area contributed by atoms with E-state index in [4.69, 9.17) is 5.73 Å². The molecule has 1 spiro atoms. The van der Waals surface area contributed by atoms with E-state index in [1.165, 1.54) is 48.8 Å². The molecule has 1 nitrogen and oxygen atoms in total. The summed E-state index contributed by atoms with van der Waals surface area (Å²) >= 11 is 0. The molecule has 1 saturated carbocycles. The van der Waals surface area contributed by atoms with Crippen LogP contribution in [0.5, 0.6) is 0 Å². The maximum Gasteiger partial charge on any atom is 0.0215 e. The van der Waals surface area contributed by atoms with Gasteiger partial charge in [0.1, 0.15) is 0 Å². The van der Waals surface area contributed by atoms with Crippen LogP contribution < -0.4 is 5.73 Å². The van der Waals surface area contributed by atoms with E-state index in [1.807, 2.05) is 0 Å². The van der Waals surface area contributed by atoms with E-state index in [0.29, 0.717) is 6.54 Å². The Bertz CT molecular complexity index is 651. The van der Waals surface area contributed by atoms with Crippen LogP contribution in [0.3, 0.4) is 0 Å². The number of hydrogen-bond acceptors (Lipinski definition) is 1. The molecule has 2 N–H and O–H groups in total. The molecule has 2 aliphatic carbocycles. The fraction of sp³-hybridized carbons (Fsp3) is 0.368. The third-order valence-electron chi connectivity index (χ3n) is 5.31. The van der Waals surface area contributed by atoms with Gasteiger partial charge in [-0.2, -0.15) is 0 Å². The Morgan fingerprint density at radius 2 is 1.60 bits per heavy atom. The van der Waals surface area contributed by atoms with E-state index in [2.05, 4.69) is 42.5 Å². The first-order valence-electron chi connectivity index (χ1n) is 7.79. The molecule has 0 bridgehead atoms. The highest BCUT2D eigenvalue weighted by Crippen LogP contribution is 2.56. The summed E-state index contributed by atoms with van der Waals surface area (Å²) in [6.07, 6.45) is 6.67. The Morgan fingerprint density at radius 1 is 0.850 bits per heavy atom. The molecular weight excluding hydrogens is 242 g/mol. The quantitative estimate of drug-likeness (QED) is 0.812. The van der Waals surface area contributed by atoms with Crippen LogP contribution in [0.1, 0.15) is 48.8 Å². The first kappa shape index (κ1) is 12.2. The van der Waals surface area contributed by atoms with Crippen LogP contribution in [-0.2, 0) is 12.0 Å². The van der Waals surface area contributed by atoms with Crippen molar-refractivity contribution in [2.24, 2.45) is 5.73 Å². The first-order chi connectivity index (χ1) is 9.87. The molecule has 2 aromatic carbocycles. The molecule has 0 aliphatic heterocycles. The Hall–Kier alpha value is -1.60. The van der Waals surface area contributed by atoms with Crippen molar-refractivity contribution in [1.29, 1.82) is 0 Å². The number of rotatable bonds is 1. The van der Waals surface area contributed by atoms with Crippen LogP contribution in [0.15, 0.2) is 42.5 Å². The van der Waals surface area contributed by atoms with Crippen LogP contribution in [0.2, 0.25) is 0 Å². The highest BCUT2D eigenvalue weighted by atomic mass is 14.5. The Labute approximate surface area is 120 Å². The van der Waals surface area contributed by atoms with Gasteiger partial charge in [0.15, 0.2) is 0 Å². The highest BCUT2D eigenvalue weighted by molar-refractivity contribution is 5.83. The average Bonchev–Trinajstić information content (AvgIpc) is 2.80. The van der Waals surface area contributed by atoms with Crippen molar-refractivity contribution < 1.29 is 0 Å². The van der Waals surface area contributed by atoms with E-state index >= 15 is 0 Å². The summed E-state index contributed by atoms with van der Waals surface area (Å²) in [5.74, 6) is 0. The van der Waals surface area contributed by atoms with E-state index in [9.17, 15) is 0 Å². The molecule has 0 heterocycles. The van der Waals surface area contributed by atoms with Gasteiger partial charge in [0.2, 0.25) is 0 Å². The zero-order chi connectivity index (χ0) is 13.6. The van der Waals surface area contributed by atoms with Gasteiger partial charge in [-0.3, -0.25) is 0 Å². The molecule has 0 radical (unpaired) electrons. The van der Waals surface area contributed by atoms with Crippen molar-refractivity contribution in [3.63, 3.8) is 0 Å². The van der Waals surface area contributed by atoms with Gasteiger partial charge in [-0.1, -0.05) is 61.7 Å². The maximum absolute atomic E-state index is 6.00. The molecular formula is C19H21N. The summed E-state index contributed by atoms with van der Waals surface area (Å²) in [7, 11) is 0.